The van der Waals surface area contributed by atoms with E-state index in [1.165, 1.54) is 5.56 Å². The van der Waals surface area contributed by atoms with Crippen molar-refractivity contribution < 1.29 is 4.74 Å². The number of benzene rings is 1. The van der Waals surface area contributed by atoms with Crippen LogP contribution in [0.2, 0.25) is 0 Å². The predicted molar refractivity (Wildman–Crippen MR) is 74.1 cm³/mol. The Balaban J connectivity index is 2.18. The summed E-state index contributed by atoms with van der Waals surface area (Å²) < 4.78 is 6.92. The third-order valence-corrected chi connectivity index (χ3v) is 4.16. The normalized spacial score (nSPS) is 26.1. The molecular formula is C14H20BrNO. The Morgan fingerprint density at radius 3 is 2.71 bits per heavy atom. The van der Waals surface area contributed by atoms with Crippen LogP contribution in [0.5, 0.6) is 0 Å². The molecule has 3 atom stereocenters. The summed E-state index contributed by atoms with van der Waals surface area (Å²) in [7, 11) is 2.04. The summed E-state index contributed by atoms with van der Waals surface area (Å²) >= 11 is 3.48. The molecule has 0 spiro atoms. The zero-order valence-corrected chi connectivity index (χ0v) is 12.0. The van der Waals surface area contributed by atoms with Gasteiger partial charge in [0.25, 0.3) is 0 Å². The SMILES string of the molecule is CCC1OCCC1C(NC)c1ccc(Br)cc1. The third kappa shape index (κ3) is 2.90. The molecule has 2 rings (SSSR count). The van der Waals surface area contributed by atoms with Gasteiger partial charge in [0.15, 0.2) is 0 Å². The van der Waals surface area contributed by atoms with Crippen molar-refractivity contribution in [3.63, 3.8) is 0 Å². The first kappa shape index (κ1) is 13.1. The molecule has 1 aliphatic heterocycles. The van der Waals surface area contributed by atoms with Crippen molar-refractivity contribution in [1.29, 1.82) is 0 Å². The largest absolute Gasteiger partial charge is 0.378 e. The lowest BCUT2D eigenvalue weighted by molar-refractivity contribution is 0.0782. The fourth-order valence-electron chi connectivity index (χ4n) is 2.76. The maximum atomic E-state index is 5.79. The van der Waals surface area contributed by atoms with Gasteiger partial charge in [-0.2, -0.15) is 0 Å². The highest BCUT2D eigenvalue weighted by molar-refractivity contribution is 9.10. The summed E-state index contributed by atoms with van der Waals surface area (Å²) in [6.45, 7) is 3.11. The maximum Gasteiger partial charge on any atom is 0.0619 e. The fraction of sp³-hybridized carbons (Fsp3) is 0.571. The monoisotopic (exact) mass is 297 g/mol. The molecule has 0 bridgehead atoms. The van der Waals surface area contributed by atoms with Gasteiger partial charge in [-0.25, -0.2) is 0 Å². The molecule has 0 saturated carbocycles. The minimum Gasteiger partial charge on any atom is -0.378 e. The number of nitrogens with one attached hydrogen (secondary N) is 1. The number of hydrogen-bond donors (Lipinski definition) is 1. The van der Waals surface area contributed by atoms with E-state index in [1.807, 2.05) is 7.05 Å². The Kier molecular flexibility index (Phi) is 4.60. The van der Waals surface area contributed by atoms with Gasteiger partial charge < -0.3 is 10.1 Å². The second kappa shape index (κ2) is 5.98. The molecule has 0 amide bonds. The molecule has 17 heavy (non-hydrogen) atoms. The molecule has 1 N–H and O–H groups in total. The van der Waals surface area contributed by atoms with E-state index < -0.39 is 0 Å². The van der Waals surface area contributed by atoms with Crippen molar-refractivity contribution >= 4 is 15.9 Å². The van der Waals surface area contributed by atoms with Crippen LogP contribution in [0.15, 0.2) is 28.7 Å². The van der Waals surface area contributed by atoms with E-state index in [-0.39, 0.29) is 0 Å². The van der Waals surface area contributed by atoms with Gasteiger partial charge in [0, 0.05) is 23.0 Å². The van der Waals surface area contributed by atoms with Gasteiger partial charge in [-0.05, 0) is 37.6 Å². The van der Waals surface area contributed by atoms with Gasteiger partial charge in [-0.15, -0.1) is 0 Å². The quantitative estimate of drug-likeness (QED) is 0.918. The van der Waals surface area contributed by atoms with Crippen LogP contribution in [-0.2, 0) is 4.74 Å². The lowest BCUT2D eigenvalue weighted by atomic mass is 9.87. The number of ether oxygens (including phenoxy) is 1. The molecular weight excluding hydrogens is 278 g/mol. The Labute approximate surface area is 112 Å². The van der Waals surface area contributed by atoms with Gasteiger partial charge in [0.2, 0.25) is 0 Å². The van der Waals surface area contributed by atoms with Crippen molar-refractivity contribution in [2.45, 2.75) is 31.9 Å². The molecule has 1 saturated heterocycles. The minimum absolute atomic E-state index is 0.399. The molecule has 0 radical (unpaired) electrons. The average molecular weight is 298 g/mol. The second-order valence-corrected chi connectivity index (χ2v) is 5.50. The van der Waals surface area contributed by atoms with E-state index in [9.17, 15) is 0 Å². The first-order valence-corrected chi connectivity index (χ1v) is 7.10. The molecule has 3 heteroatoms. The van der Waals surface area contributed by atoms with Crippen LogP contribution < -0.4 is 5.32 Å². The summed E-state index contributed by atoms with van der Waals surface area (Å²) in [6.07, 6.45) is 2.65. The molecule has 3 unspecified atom stereocenters. The highest BCUT2D eigenvalue weighted by Crippen LogP contribution is 2.34. The van der Waals surface area contributed by atoms with Crippen LogP contribution in [0.4, 0.5) is 0 Å². The van der Waals surface area contributed by atoms with Crippen LogP contribution in [0.25, 0.3) is 0 Å². The standard InChI is InChI=1S/C14H20BrNO/c1-3-13-12(8-9-17-13)14(16-2)10-4-6-11(15)7-5-10/h4-7,12-14,16H,3,8-9H2,1-2H3. The van der Waals surface area contributed by atoms with Crippen LogP contribution in [0.1, 0.15) is 31.4 Å². The van der Waals surface area contributed by atoms with Crippen molar-refractivity contribution in [2.75, 3.05) is 13.7 Å². The zero-order valence-electron chi connectivity index (χ0n) is 10.4. The van der Waals surface area contributed by atoms with E-state index in [2.05, 4.69) is 52.4 Å². The Morgan fingerprint density at radius 1 is 1.41 bits per heavy atom. The van der Waals surface area contributed by atoms with Gasteiger partial charge >= 0.3 is 0 Å². The third-order valence-electron chi connectivity index (χ3n) is 3.63. The highest BCUT2D eigenvalue weighted by Gasteiger charge is 2.33. The molecule has 1 aromatic rings. The van der Waals surface area contributed by atoms with E-state index in [4.69, 9.17) is 4.74 Å². The first-order valence-electron chi connectivity index (χ1n) is 6.30. The van der Waals surface area contributed by atoms with Crippen LogP contribution in [0.3, 0.4) is 0 Å². The lowest BCUT2D eigenvalue weighted by Crippen LogP contribution is -2.30. The number of halogens is 1. The summed E-state index contributed by atoms with van der Waals surface area (Å²) in [6, 6.07) is 9.00. The Hall–Kier alpha value is -0.380. The predicted octanol–water partition coefficient (Wildman–Crippen LogP) is 3.52. The van der Waals surface area contributed by atoms with E-state index in [0.717, 1.165) is 23.9 Å². The number of rotatable bonds is 4. The Bertz CT molecular complexity index is 352. The molecule has 0 aliphatic carbocycles. The minimum atomic E-state index is 0.399. The van der Waals surface area contributed by atoms with E-state index in [1.54, 1.807) is 0 Å². The average Bonchev–Trinajstić information content (AvgIpc) is 2.81. The van der Waals surface area contributed by atoms with E-state index >= 15 is 0 Å². The summed E-state index contributed by atoms with van der Waals surface area (Å²) in [5, 5.41) is 3.45. The van der Waals surface area contributed by atoms with Gasteiger partial charge in [0.1, 0.15) is 0 Å². The summed E-state index contributed by atoms with van der Waals surface area (Å²) in [5.41, 5.74) is 1.35. The summed E-state index contributed by atoms with van der Waals surface area (Å²) in [5.74, 6) is 0.589. The Morgan fingerprint density at radius 2 is 2.12 bits per heavy atom. The van der Waals surface area contributed by atoms with Gasteiger partial charge in [-0.1, -0.05) is 35.0 Å². The van der Waals surface area contributed by atoms with Crippen molar-refractivity contribution in [3.05, 3.63) is 34.3 Å². The van der Waals surface area contributed by atoms with Crippen molar-refractivity contribution in [2.24, 2.45) is 5.92 Å². The second-order valence-electron chi connectivity index (χ2n) is 4.59. The van der Waals surface area contributed by atoms with E-state index in [0.29, 0.717) is 18.1 Å². The molecule has 1 fully saturated rings. The van der Waals surface area contributed by atoms with Crippen molar-refractivity contribution in [3.8, 4) is 0 Å². The summed E-state index contributed by atoms with van der Waals surface area (Å²) in [4.78, 5) is 0. The molecule has 1 heterocycles. The molecule has 94 valence electrons. The zero-order chi connectivity index (χ0) is 12.3. The first-order chi connectivity index (χ1) is 8.26. The fourth-order valence-corrected chi connectivity index (χ4v) is 3.03. The topological polar surface area (TPSA) is 21.3 Å². The van der Waals surface area contributed by atoms with Crippen molar-refractivity contribution in [1.82, 2.24) is 5.32 Å². The van der Waals surface area contributed by atoms with Crippen LogP contribution in [-0.4, -0.2) is 19.8 Å². The van der Waals surface area contributed by atoms with Crippen LogP contribution >= 0.6 is 15.9 Å². The number of hydrogen-bond acceptors (Lipinski definition) is 2. The molecule has 0 aromatic heterocycles. The van der Waals surface area contributed by atoms with Gasteiger partial charge in [0.05, 0.1) is 6.10 Å². The smallest absolute Gasteiger partial charge is 0.0619 e. The molecule has 1 aliphatic rings. The maximum absolute atomic E-state index is 5.79. The van der Waals surface area contributed by atoms with Gasteiger partial charge in [-0.3, -0.25) is 0 Å². The highest BCUT2D eigenvalue weighted by atomic mass is 79.9. The van der Waals surface area contributed by atoms with Crippen LogP contribution in [0, 0.1) is 5.92 Å². The lowest BCUT2D eigenvalue weighted by Gasteiger charge is -2.27. The molecule has 1 aromatic carbocycles. The molecule has 2 nitrogen and oxygen atoms in total.